The molecule has 1 unspecified atom stereocenters. The summed E-state index contributed by atoms with van der Waals surface area (Å²) in [6, 6.07) is 5.04. The molecule has 0 amide bonds. The Kier molecular flexibility index (Phi) is 4.87. The Morgan fingerprint density at radius 1 is 1.35 bits per heavy atom. The highest BCUT2D eigenvalue weighted by Crippen LogP contribution is 2.33. The number of ketones is 1. The van der Waals surface area contributed by atoms with E-state index in [4.69, 9.17) is 27.9 Å². The third kappa shape index (κ3) is 3.87. The minimum absolute atomic E-state index is 0.0615. The van der Waals surface area contributed by atoms with Gasteiger partial charge in [0.2, 0.25) is 5.01 Å². The van der Waals surface area contributed by atoms with Gasteiger partial charge in [0.15, 0.2) is 5.78 Å². The van der Waals surface area contributed by atoms with Gasteiger partial charge in [-0.3, -0.25) is 4.79 Å². The molecule has 0 aliphatic carbocycles. The lowest BCUT2D eigenvalue weighted by atomic mass is 9.91. The van der Waals surface area contributed by atoms with Crippen LogP contribution in [0, 0.1) is 5.41 Å². The third-order valence-electron chi connectivity index (χ3n) is 2.09. The fourth-order valence-electron chi connectivity index (χ4n) is 1.08. The average Bonchev–Trinajstić information content (AvgIpc) is 2.22. The third-order valence-corrected chi connectivity index (χ3v) is 3.50. The molecule has 0 heterocycles. The van der Waals surface area contributed by atoms with Crippen LogP contribution >= 0.6 is 39.1 Å². The van der Waals surface area contributed by atoms with Crippen LogP contribution in [0.5, 0.6) is 5.75 Å². The van der Waals surface area contributed by atoms with Gasteiger partial charge in [0.05, 0.1) is 5.02 Å². The van der Waals surface area contributed by atoms with Gasteiger partial charge in [-0.15, -0.1) is 0 Å². The number of carbonyl (C=O) groups is 1. The van der Waals surface area contributed by atoms with E-state index in [1.807, 2.05) is 20.8 Å². The lowest BCUT2D eigenvalue weighted by Gasteiger charge is -2.21. The molecule has 94 valence electrons. The zero-order valence-corrected chi connectivity index (χ0v) is 12.9. The van der Waals surface area contributed by atoms with E-state index in [9.17, 15) is 4.79 Å². The van der Waals surface area contributed by atoms with Crippen molar-refractivity contribution in [1.29, 1.82) is 0 Å². The van der Waals surface area contributed by atoms with E-state index in [0.29, 0.717) is 15.8 Å². The van der Waals surface area contributed by atoms with Crippen LogP contribution in [0.2, 0.25) is 10.0 Å². The molecular formula is C12H13BrCl2O2. The van der Waals surface area contributed by atoms with Crippen molar-refractivity contribution >= 4 is 44.9 Å². The summed E-state index contributed by atoms with van der Waals surface area (Å²) in [5.41, 5.74) is -0.487. The van der Waals surface area contributed by atoms with Gasteiger partial charge >= 0.3 is 0 Å². The Morgan fingerprint density at radius 2 is 1.94 bits per heavy atom. The van der Waals surface area contributed by atoms with Crippen molar-refractivity contribution in [1.82, 2.24) is 0 Å². The Bertz CT molecular complexity index is 427. The van der Waals surface area contributed by atoms with Crippen molar-refractivity contribution in [3.05, 3.63) is 28.2 Å². The Labute approximate surface area is 119 Å². The van der Waals surface area contributed by atoms with Crippen LogP contribution in [-0.4, -0.2) is 10.8 Å². The van der Waals surface area contributed by atoms with Crippen molar-refractivity contribution in [2.75, 3.05) is 0 Å². The van der Waals surface area contributed by atoms with Gasteiger partial charge in [-0.1, -0.05) is 50.0 Å². The van der Waals surface area contributed by atoms with Crippen LogP contribution in [0.1, 0.15) is 20.8 Å². The fourth-order valence-corrected chi connectivity index (χ4v) is 2.30. The summed E-state index contributed by atoms with van der Waals surface area (Å²) in [6.45, 7) is 5.48. The molecule has 0 aliphatic rings. The summed E-state index contributed by atoms with van der Waals surface area (Å²) >= 11 is 15.0. The van der Waals surface area contributed by atoms with E-state index in [1.54, 1.807) is 18.2 Å². The highest BCUT2D eigenvalue weighted by molar-refractivity contribution is 9.09. The van der Waals surface area contributed by atoms with Gasteiger partial charge in [-0.25, -0.2) is 0 Å². The first-order chi connectivity index (χ1) is 7.73. The second-order valence-electron chi connectivity index (χ2n) is 4.60. The second kappa shape index (κ2) is 5.59. The van der Waals surface area contributed by atoms with Crippen LogP contribution in [-0.2, 0) is 4.79 Å². The number of hydrogen-bond donors (Lipinski definition) is 0. The molecule has 0 aromatic heterocycles. The molecule has 0 saturated carbocycles. The standard InChI is InChI=1S/C12H13BrCl2O2/c1-12(2,3)10(16)11(13)17-8-6-4-5-7(14)9(8)15/h4-6,11H,1-3H3. The summed E-state index contributed by atoms with van der Waals surface area (Å²) in [4.78, 5) is 11.9. The summed E-state index contributed by atoms with van der Waals surface area (Å²) in [5.74, 6) is 0.326. The summed E-state index contributed by atoms with van der Waals surface area (Å²) in [5, 5.41) is -0.0362. The van der Waals surface area contributed by atoms with Crippen molar-refractivity contribution < 1.29 is 9.53 Å². The molecule has 0 saturated heterocycles. The van der Waals surface area contributed by atoms with Crippen LogP contribution in [0.25, 0.3) is 0 Å². The second-order valence-corrected chi connectivity index (χ2v) is 6.22. The minimum atomic E-state index is -0.738. The molecule has 0 aliphatic heterocycles. The Hall–Kier alpha value is -0.250. The first-order valence-electron chi connectivity index (χ1n) is 5.02. The van der Waals surface area contributed by atoms with Crippen LogP contribution in [0.15, 0.2) is 18.2 Å². The Balaban J connectivity index is 2.85. The van der Waals surface area contributed by atoms with Crippen molar-refractivity contribution in [2.45, 2.75) is 25.8 Å². The summed E-state index contributed by atoms with van der Waals surface area (Å²) < 4.78 is 5.46. The van der Waals surface area contributed by atoms with Crippen molar-refractivity contribution in [2.24, 2.45) is 5.41 Å². The number of ether oxygens (including phenoxy) is 1. The van der Waals surface area contributed by atoms with Gasteiger partial charge in [-0.2, -0.15) is 0 Å². The lowest BCUT2D eigenvalue weighted by Crippen LogP contribution is -2.32. The molecule has 0 spiro atoms. The van der Waals surface area contributed by atoms with Crippen LogP contribution in [0.4, 0.5) is 0 Å². The van der Waals surface area contributed by atoms with Crippen LogP contribution in [0.3, 0.4) is 0 Å². The predicted molar refractivity (Wildman–Crippen MR) is 74.3 cm³/mol. The van der Waals surface area contributed by atoms with E-state index in [1.165, 1.54) is 0 Å². The molecule has 2 nitrogen and oxygen atoms in total. The SMILES string of the molecule is CC(C)(C)C(=O)C(Br)Oc1cccc(Cl)c1Cl. The number of rotatable bonds is 3. The molecule has 1 atom stereocenters. The highest BCUT2D eigenvalue weighted by Gasteiger charge is 2.29. The number of carbonyl (C=O) groups excluding carboxylic acids is 1. The maximum Gasteiger partial charge on any atom is 0.211 e. The zero-order chi connectivity index (χ0) is 13.2. The molecule has 1 aromatic rings. The molecule has 5 heteroatoms. The monoisotopic (exact) mass is 338 g/mol. The fraction of sp³-hybridized carbons (Fsp3) is 0.417. The maximum absolute atomic E-state index is 11.9. The topological polar surface area (TPSA) is 26.3 Å². The van der Waals surface area contributed by atoms with E-state index in [2.05, 4.69) is 15.9 Å². The molecule has 0 N–H and O–H groups in total. The first kappa shape index (κ1) is 14.8. The maximum atomic E-state index is 11.9. The van der Waals surface area contributed by atoms with Gasteiger partial charge in [-0.05, 0) is 28.1 Å². The molecule has 1 aromatic carbocycles. The Morgan fingerprint density at radius 3 is 2.47 bits per heavy atom. The first-order valence-corrected chi connectivity index (χ1v) is 6.69. The molecular weight excluding hydrogens is 327 g/mol. The zero-order valence-electron chi connectivity index (χ0n) is 9.76. The lowest BCUT2D eigenvalue weighted by molar-refractivity contribution is -0.129. The smallest absolute Gasteiger partial charge is 0.211 e. The van der Waals surface area contributed by atoms with Crippen molar-refractivity contribution in [3.63, 3.8) is 0 Å². The largest absolute Gasteiger partial charge is 0.470 e. The average molecular weight is 340 g/mol. The van der Waals surface area contributed by atoms with Gasteiger partial charge in [0.25, 0.3) is 0 Å². The summed E-state index contributed by atoms with van der Waals surface area (Å²) in [7, 11) is 0. The molecule has 0 bridgehead atoms. The molecule has 17 heavy (non-hydrogen) atoms. The van der Waals surface area contributed by atoms with Gasteiger partial charge in [0.1, 0.15) is 10.8 Å². The summed E-state index contributed by atoms with van der Waals surface area (Å²) in [6.07, 6.45) is 0. The van der Waals surface area contributed by atoms with E-state index in [0.717, 1.165) is 0 Å². The number of alkyl halides is 1. The van der Waals surface area contributed by atoms with Crippen LogP contribution < -0.4 is 4.74 Å². The quantitative estimate of drug-likeness (QED) is 0.745. The van der Waals surface area contributed by atoms with Crippen molar-refractivity contribution in [3.8, 4) is 5.75 Å². The minimum Gasteiger partial charge on any atom is -0.470 e. The number of Topliss-reactive ketones (excluding diaryl/α,β-unsaturated/α-hetero) is 1. The van der Waals surface area contributed by atoms with Gasteiger partial charge < -0.3 is 4.74 Å². The number of benzene rings is 1. The molecule has 0 radical (unpaired) electrons. The van der Waals surface area contributed by atoms with Gasteiger partial charge in [0, 0.05) is 5.41 Å². The molecule has 0 fully saturated rings. The molecule has 1 rings (SSSR count). The number of halogens is 3. The van der Waals surface area contributed by atoms with E-state index < -0.39 is 10.4 Å². The number of hydrogen-bond acceptors (Lipinski definition) is 2. The van der Waals surface area contributed by atoms with E-state index in [-0.39, 0.29) is 5.78 Å². The van der Waals surface area contributed by atoms with E-state index >= 15 is 0 Å². The highest BCUT2D eigenvalue weighted by atomic mass is 79.9. The predicted octanol–water partition coefficient (Wildman–Crippen LogP) is 4.71. The normalized spacial score (nSPS) is 13.3.